The van der Waals surface area contributed by atoms with Crippen LogP contribution >= 0.6 is 0 Å². The Labute approximate surface area is 115 Å². The molecule has 0 aliphatic carbocycles. The molecular weight excluding hydrogens is 201 g/mol. The Kier molecular flexibility index (Phi) is 7.88. The van der Waals surface area contributed by atoms with Gasteiger partial charge in [0.25, 0.3) is 0 Å². The van der Waals surface area contributed by atoms with E-state index in [1.54, 1.807) is 0 Å². The van der Waals surface area contributed by atoms with Crippen molar-refractivity contribution in [2.24, 2.45) is 0 Å². The zero-order valence-corrected chi connectivity index (χ0v) is 12.1. The summed E-state index contributed by atoms with van der Waals surface area (Å²) in [6.45, 7) is 3.83. The van der Waals surface area contributed by atoms with Crippen molar-refractivity contribution in [3.8, 4) is 0 Å². The number of hydrogen-bond acceptors (Lipinski definition) is 2. The van der Waals surface area contributed by atoms with Gasteiger partial charge in [-0.05, 0) is 25.7 Å². The number of aliphatic carboxylic acids is 1. The molecular formula is C11H21NNaO2+. The Morgan fingerprint density at radius 1 is 1.20 bits per heavy atom. The third kappa shape index (κ3) is 6.56. The Morgan fingerprint density at radius 2 is 1.80 bits per heavy atom. The molecule has 82 valence electrons. The molecule has 1 heterocycles. The van der Waals surface area contributed by atoms with E-state index in [1.165, 1.54) is 37.0 Å². The molecule has 0 atom stereocenters. The topological polar surface area (TPSA) is 40.1 Å². The van der Waals surface area contributed by atoms with Gasteiger partial charge in [-0.15, -0.1) is 0 Å². The minimum Gasteiger partial charge on any atom is -0.550 e. The van der Waals surface area contributed by atoms with Gasteiger partial charge in [-0.1, -0.05) is 0 Å². The molecule has 0 spiro atoms. The zero-order chi connectivity index (χ0) is 10.4. The summed E-state index contributed by atoms with van der Waals surface area (Å²) in [5.74, 6) is -0.911. The van der Waals surface area contributed by atoms with Crippen LogP contribution < -0.4 is 34.7 Å². The molecule has 1 saturated heterocycles. The summed E-state index contributed by atoms with van der Waals surface area (Å²) in [6.07, 6.45) is 5.91. The minimum absolute atomic E-state index is 0. The molecule has 1 rings (SSSR count). The largest absolute Gasteiger partial charge is 1.00 e. The van der Waals surface area contributed by atoms with Gasteiger partial charge in [0, 0.05) is 18.8 Å². The van der Waals surface area contributed by atoms with E-state index >= 15 is 0 Å². The van der Waals surface area contributed by atoms with Crippen LogP contribution in [0, 0.1) is 0 Å². The predicted molar refractivity (Wildman–Crippen MR) is 53.5 cm³/mol. The molecule has 0 amide bonds. The number of carboxylic acids is 1. The molecule has 1 aliphatic rings. The summed E-state index contributed by atoms with van der Waals surface area (Å²) < 4.78 is 1.20. The molecule has 0 radical (unpaired) electrons. The molecule has 0 N–H and O–H groups in total. The second-order valence-corrected chi connectivity index (χ2v) is 4.68. The normalized spacial score (nSPS) is 18.5. The third-order valence-corrected chi connectivity index (χ3v) is 3.22. The summed E-state index contributed by atoms with van der Waals surface area (Å²) in [6, 6.07) is 0. The fourth-order valence-electron chi connectivity index (χ4n) is 2.26. The molecule has 15 heavy (non-hydrogen) atoms. The van der Waals surface area contributed by atoms with Crippen molar-refractivity contribution >= 4 is 5.97 Å². The second-order valence-electron chi connectivity index (χ2n) is 4.68. The van der Waals surface area contributed by atoms with Gasteiger partial charge in [0.05, 0.1) is 26.7 Å². The van der Waals surface area contributed by atoms with Crippen LogP contribution in [-0.4, -0.2) is 37.1 Å². The van der Waals surface area contributed by atoms with Crippen LogP contribution in [0.15, 0.2) is 0 Å². The molecule has 3 nitrogen and oxygen atoms in total. The maximum Gasteiger partial charge on any atom is 1.00 e. The van der Waals surface area contributed by atoms with Gasteiger partial charge < -0.3 is 14.4 Å². The van der Waals surface area contributed by atoms with Crippen molar-refractivity contribution in [3.05, 3.63) is 0 Å². The van der Waals surface area contributed by atoms with Crippen LogP contribution in [0.1, 0.15) is 38.5 Å². The number of rotatable bonds is 6. The SMILES string of the molecule is C[N+]1(CCCCCC(=O)[O-])CCCC1.[Na+]. The van der Waals surface area contributed by atoms with Crippen molar-refractivity contribution in [1.29, 1.82) is 0 Å². The second kappa shape index (κ2) is 7.66. The minimum atomic E-state index is -0.911. The van der Waals surface area contributed by atoms with Crippen LogP contribution in [0.4, 0.5) is 0 Å². The van der Waals surface area contributed by atoms with E-state index in [9.17, 15) is 9.90 Å². The molecule has 0 unspecified atom stereocenters. The van der Waals surface area contributed by atoms with E-state index in [0.29, 0.717) is 0 Å². The number of nitrogens with zero attached hydrogens (tertiary/aromatic N) is 1. The van der Waals surface area contributed by atoms with E-state index in [4.69, 9.17) is 0 Å². The van der Waals surface area contributed by atoms with E-state index in [1.807, 2.05) is 0 Å². The van der Waals surface area contributed by atoms with Gasteiger partial charge in [-0.2, -0.15) is 0 Å². The van der Waals surface area contributed by atoms with Crippen molar-refractivity contribution in [2.75, 3.05) is 26.7 Å². The van der Waals surface area contributed by atoms with Crippen LogP contribution in [0.25, 0.3) is 0 Å². The Bertz CT molecular complexity index is 191. The number of carbonyl (C=O) groups is 1. The summed E-state index contributed by atoms with van der Waals surface area (Å²) in [7, 11) is 2.31. The third-order valence-electron chi connectivity index (χ3n) is 3.22. The average Bonchev–Trinajstić information content (AvgIpc) is 2.51. The first-order valence-corrected chi connectivity index (χ1v) is 5.66. The van der Waals surface area contributed by atoms with Crippen molar-refractivity contribution in [3.63, 3.8) is 0 Å². The summed E-state index contributed by atoms with van der Waals surface area (Å²) in [5.41, 5.74) is 0. The number of quaternary nitrogens is 1. The summed E-state index contributed by atoms with van der Waals surface area (Å²) >= 11 is 0. The number of hydrogen-bond donors (Lipinski definition) is 0. The number of carbonyl (C=O) groups excluding carboxylic acids is 1. The molecule has 1 fully saturated rings. The maximum absolute atomic E-state index is 10.2. The van der Waals surface area contributed by atoms with E-state index in [2.05, 4.69) is 7.05 Å². The quantitative estimate of drug-likeness (QED) is 0.284. The monoisotopic (exact) mass is 222 g/mol. The maximum atomic E-state index is 10.2. The Morgan fingerprint density at radius 3 is 2.33 bits per heavy atom. The van der Waals surface area contributed by atoms with Gasteiger partial charge in [-0.3, -0.25) is 0 Å². The molecule has 1 aliphatic heterocycles. The average molecular weight is 222 g/mol. The van der Waals surface area contributed by atoms with Crippen molar-refractivity contribution in [1.82, 2.24) is 0 Å². The summed E-state index contributed by atoms with van der Waals surface area (Å²) in [4.78, 5) is 10.2. The molecule has 0 aromatic rings. The number of unbranched alkanes of at least 4 members (excludes halogenated alkanes) is 2. The first-order chi connectivity index (χ1) is 6.62. The van der Waals surface area contributed by atoms with Gasteiger partial charge >= 0.3 is 29.6 Å². The molecule has 0 saturated carbocycles. The van der Waals surface area contributed by atoms with Crippen LogP contribution in [-0.2, 0) is 4.79 Å². The fraction of sp³-hybridized carbons (Fsp3) is 0.909. The molecule has 0 bridgehead atoms. The summed E-state index contributed by atoms with van der Waals surface area (Å²) in [5, 5.41) is 10.2. The van der Waals surface area contributed by atoms with E-state index in [-0.39, 0.29) is 36.0 Å². The molecule has 0 aromatic heterocycles. The van der Waals surface area contributed by atoms with Gasteiger partial charge in [0.2, 0.25) is 0 Å². The van der Waals surface area contributed by atoms with E-state index in [0.717, 1.165) is 19.3 Å². The first kappa shape index (κ1) is 15.4. The van der Waals surface area contributed by atoms with Crippen LogP contribution in [0.2, 0.25) is 0 Å². The van der Waals surface area contributed by atoms with Gasteiger partial charge in [0.15, 0.2) is 0 Å². The van der Waals surface area contributed by atoms with E-state index < -0.39 is 5.97 Å². The van der Waals surface area contributed by atoms with Crippen LogP contribution in [0.3, 0.4) is 0 Å². The smallest absolute Gasteiger partial charge is 0.550 e. The number of carboxylic acid groups (broad SMARTS) is 1. The Hall–Kier alpha value is 0.430. The molecule has 0 aromatic carbocycles. The molecule has 4 heteroatoms. The van der Waals surface area contributed by atoms with Crippen molar-refractivity contribution < 1.29 is 43.9 Å². The fourth-order valence-corrected chi connectivity index (χ4v) is 2.26. The van der Waals surface area contributed by atoms with Crippen LogP contribution in [0.5, 0.6) is 0 Å². The number of likely N-dealkylation sites (tertiary alicyclic amines) is 1. The standard InChI is InChI=1S/C11H21NO2.Na/c1-12(9-5-6-10-12)8-4-2-3-7-11(13)14;/h2-10H2,1H3;/q;+1. The predicted octanol–water partition coefficient (Wildman–Crippen LogP) is -2.46. The van der Waals surface area contributed by atoms with Gasteiger partial charge in [0.1, 0.15) is 0 Å². The van der Waals surface area contributed by atoms with Gasteiger partial charge in [-0.25, -0.2) is 0 Å². The zero-order valence-electron chi connectivity index (χ0n) is 10.1. The Balaban J connectivity index is 0.00000196. The van der Waals surface area contributed by atoms with Crippen molar-refractivity contribution in [2.45, 2.75) is 38.5 Å². The first-order valence-electron chi connectivity index (χ1n) is 5.66.